The first-order valence-electron chi connectivity index (χ1n) is 13.3. The van der Waals surface area contributed by atoms with Gasteiger partial charge in [-0.3, -0.25) is 0 Å². The van der Waals surface area contributed by atoms with Gasteiger partial charge in [-0.15, -0.1) is 0 Å². The summed E-state index contributed by atoms with van der Waals surface area (Å²) in [7, 11) is 0. The molecule has 4 nitrogen and oxygen atoms in total. The molecule has 0 N–H and O–H groups in total. The molecule has 2 heterocycles. The monoisotopic (exact) mass is 488 g/mol. The number of anilines is 3. The Balaban J connectivity index is 1.33. The van der Waals surface area contributed by atoms with Crippen molar-refractivity contribution in [2.45, 2.75) is 18.9 Å². The molecule has 0 radical (unpaired) electrons. The molecule has 0 saturated carbocycles. The molecule has 5 aromatic carbocycles. The van der Waals surface area contributed by atoms with Gasteiger partial charge in [0.1, 0.15) is 0 Å². The van der Waals surface area contributed by atoms with E-state index in [4.69, 9.17) is 0 Å². The Bertz CT molecular complexity index is 1930. The zero-order valence-corrected chi connectivity index (χ0v) is 20.9. The van der Waals surface area contributed by atoms with Crippen LogP contribution in [0.1, 0.15) is 17.5 Å². The highest BCUT2D eigenvalue weighted by Gasteiger charge is 2.34. The van der Waals surface area contributed by atoms with E-state index < -0.39 is 0 Å². The first-order valence-corrected chi connectivity index (χ1v) is 13.3. The Labute approximate surface area is 221 Å². The van der Waals surface area contributed by atoms with Crippen molar-refractivity contribution in [2.24, 2.45) is 5.92 Å². The lowest BCUT2D eigenvalue weighted by Gasteiger charge is -2.30. The number of benzene rings is 5. The normalized spacial score (nSPS) is 20.1. The summed E-state index contributed by atoms with van der Waals surface area (Å²) < 4.78 is 0. The van der Waals surface area contributed by atoms with E-state index in [1.54, 1.807) is 0 Å². The fourth-order valence-corrected chi connectivity index (χ4v) is 7.04. The van der Waals surface area contributed by atoms with Gasteiger partial charge in [0, 0.05) is 52.4 Å². The van der Waals surface area contributed by atoms with Gasteiger partial charge in [0.05, 0.1) is 23.7 Å². The maximum absolute atomic E-state index is 9.52. The molecule has 0 spiro atoms. The lowest BCUT2D eigenvalue weighted by molar-refractivity contribution is 0.641. The molecule has 0 amide bonds. The quantitative estimate of drug-likeness (QED) is 0.244. The van der Waals surface area contributed by atoms with Gasteiger partial charge in [0.15, 0.2) is 0 Å². The third-order valence-electron chi connectivity index (χ3n) is 8.83. The SMILES string of the molecule is N#CC1=CC2C(C=C1)CCN2c1ccc2ccc3c(N4CCc5ccc(C#N)cc54)ccc4ccc1c2c43. The number of hydrogen-bond acceptors (Lipinski definition) is 4. The first kappa shape index (κ1) is 21.3. The second-order valence-electron chi connectivity index (χ2n) is 10.7. The highest BCUT2D eigenvalue weighted by molar-refractivity contribution is 6.27. The van der Waals surface area contributed by atoms with Crippen LogP contribution in [-0.2, 0) is 6.42 Å². The summed E-state index contributed by atoms with van der Waals surface area (Å²) in [6, 6.07) is 29.0. The van der Waals surface area contributed by atoms with Gasteiger partial charge in [-0.25, -0.2) is 0 Å². The molecule has 180 valence electrons. The van der Waals surface area contributed by atoms with Crippen LogP contribution in [0.3, 0.4) is 0 Å². The molecule has 2 aliphatic heterocycles. The average Bonchev–Trinajstić information content (AvgIpc) is 3.59. The maximum atomic E-state index is 9.52. The van der Waals surface area contributed by atoms with Gasteiger partial charge in [0.2, 0.25) is 0 Å². The van der Waals surface area contributed by atoms with Crippen molar-refractivity contribution in [3.63, 3.8) is 0 Å². The van der Waals surface area contributed by atoms with Gasteiger partial charge in [-0.1, -0.05) is 48.5 Å². The fraction of sp³-hybridized carbons (Fsp3) is 0.176. The standard InChI is InChI=1S/C34H24N4/c35-19-21-1-3-23-13-15-37(31(23)17-21)29-11-7-25-6-10-28-30(12-8-26-5-9-27(29)33(25)34(26)28)38-16-14-24-4-2-22(20-36)18-32(24)38/h1-12,17-18,23,31H,13-16H2. The van der Waals surface area contributed by atoms with Crippen LogP contribution in [0.25, 0.3) is 32.3 Å². The third-order valence-corrected chi connectivity index (χ3v) is 8.83. The van der Waals surface area contributed by atoms with Gasteiger partial charge in [-0.2, -0.15) is 10.5 Å². The second kappa shape index (κ2) is 7.85. The van der Waals surface area contributed by atoms with E-state index in [1.807, 2.05) is 18.2 Å². The predicted molar refractivity (Wildman–Crippen MR) is 154 cm³/mol. The summed E-state index contributed by atoms with van der Waals surface area (Å²) in [5.74, 6) is 0.450. The Morgan fingerprint density at radius 1 is 0.737 bits per heavy atom. The molecule has 2 unspecified atom stereocenters. The molecular formula is C34H24N4. The molecule has 2 atom stereocenters. The topological polar surface area (TPSA) is 54.1 Å². The molecule has 3 aliphatic rings. The van der Waals surface area contributed by atoms with Crippen molar-refractivity contribution in [3.8, 4) is 12.1 Å². The minimum atomic E-state index is 0.221. The zero-order chi connectivity index (χ0) is 25.4. The first-order chi connectivity index (χ1) is 18.7. The van der Waals surface area contributed by atoms with E-state index in [2.05, 4.69) is 88.7 Å². The molecule has 1 saturated heterocycles. The number of fused-ring (bicyclic) bond motifs is 2. The zero-order valence-electron chi connectivity index (χ0n) is 20.9. The number of nitrogens with zero attached hydrogens (tertiary/aromatic N) is 4. The lowest BCUT2D eigenvalue weighted by Crippen LogP contribution is -2.32. The predicted octanol–water partition coefficient (Wildman–Crippen LogP) is 7.36. The summed E-state index contributed by atoms with van der Waals surface area (Å²) in [5.41, 5.74) is 6.35. The van der Waals surface area contributed by atoms with E-state index in [9.17, 15) is 10.5 Å². The molecule has 38 heavy (non-hydrogen) atoms. The Hall–Kier alpha value is -4.80. The van der Waals surface area contributed by atoms with E-state index >= 15 is 0 Å². The molecule has 8 rings (SSSR count). The lowest BCUT2D eigenvalue weighted by atomic mass is 9.90. The van der Waals surface area contributed by atoms with Crippen molar-refractivity contribution in [3.05, 3.63) is 102 Å². The highest BCUT2D eigenvalue weighted by Crippen LogP contribution is 2.46. The number of rotatable bonds is 2. The highest BCUT2D eigenvalue weighted by atomic mass is 15.2. The van der Waals surface area contributed by atoms with Crippen LogP contribution in [0.2, 0.25) is 0 Å². The van der Waals surface area contributed by atoms with Crippen molar-refractivity contribution in [2.75, 3.05) is 22.9 Å². The molecule has 0 aromatic heterocycles. The van der Waals surface area contributed by atoms with Crippen molar-refractivity contribution in [1.82, 2.24) is 0 Å². The Kier molecular flexibility index (Phi) is 4.40. The van der Waals surface area contributed by atoms with Crippen LogP contribution in [0, 0.1) is 28.6 Å². The van der Waals surface area contributed by atoms with Crippen molar-refractivity contribution >= 4 is 49.4 Å². The molecule has 1 aliphatic carbocycles. The number of hydrogen-bond donors (Lipinski definition) is 0. The molecule has 5 aromatic rings. The van der Waals surface area contributed by atoms with Crippen LogP contribution in [0.4, 0.5) is 17.1 Å². The average molecular weight is 489 g/mol. The van der Waals surface area contributed by atoms with Crippen LogP contribution in [0.5, 0.6) is 0 Å². The van der Waals surface area contributed by atoms with Crippen LogP contribution < -0.4 is 9.80 Å². The number of allylic oxidation sites excluding steroid dienone is 2. The van der Waals surface area contributed by atoms with Gasteiger partial charge in [0.25, 0.3) is 0 Å². The van der Waals surface area contributed by atoms with Gasteiger partial charge < -0.3 is 9.80 Å². The maximum Gasteiger partial charge on any atom is 0.0992 e. The molecule has 4 heteroatoms. The minimum absolute atomic E-state index is 0.221. The van der Waals surface area contributed by atoms with Crippen molar-refractivity contribution < 1.29 is 0 Å². The summed E-state index contributed by atoms with van der Waals surface area (Å²) in [6.07, 6.45) is 8.43. The molecule has 1 fully saturated rings. The summed E-state index contributed by atoms with van der Waals surface area (Å²) >= 11 is 0. The molecule has 0 bridgehead atoms. The minimum Gasteiger partial charge on any atom is -0.364 e. The summed E-state index contributed by atoms with van der Waals surface area (Å²) in [6.45, 7) is 1.90. The van der Waals surface area contributed by atoms with E-state index in [0.29, 0.717) is 11.5 Å². The smallest absolute Gasteiger partial charge is 0.0992 e. The summed E-state index contributed by atoms with van der Waals surface area (Å²) in [4.78, 5) is 4.88. The van der Waals surface area contributed by atoms with E-state index in [1.165, 1.54) is 49.3 Å². The molecular weight excluding hydrogens is 464 g/mol. The van der Waals surface area contributed by atoms with Gasteiger partial charge in [-0.05, 0) is 76.4 Å². The third kappa shape index (κ3) is 2.89. The second-order valence-corrected chi connectivity index (χ2v) is 10.7. The van der Waals surface area contributed by atoms with Crippen LogP contribution in [-0.4, -0.2) is 19.1 Å². The fourth-order valence-electron chi connectivity index (χ4n) is 7.04. The Morgan fingerprint density at radius 3 is 2.24 bits per heavy atom. The van der Waals surface area contributed by atoms with Crippen LogP contribution in [0.15, 0.2) is 90.5 Å². The largest absolute Gasteiger partial charge is 0.364 e. The summed E-state index contributed by atoms with van der Waals surface area (Å²) in [5, 5.41) is 26.7. The van der Waals surface area contributed by atoms with E-state index in [0.717, 1.165) is 37.2 Å². The van der Waals surface area contributed by atoms with Crippen LogP contribution >= 0.6 is 0 Å². The van der Waals surface area contributed by atoms with Gasteiger partial charge >= 0.3 is 0 Å². The number of nitriles is 2. The Morgan fingerprint density at radius 2 is 1.47 bits per heavy atom. The van der Waals surface area contributed by atoms with Crippen molar-refractivity contribution in [1.29, 1.82) is 10.5 Å². The van der Waals surface area contributed by atoms with E-state index in [-0.39, 0.29) is 6.04 Å².